The lowest BCUT2D eigenvalue weighted by Crippen LogP contribution is -2.29. The summed E-state index contributed by atoms with van der Waals surface area (Å²) in [6, 6.07) is 26.6. The zero-order chi connectivity index (χ0) is 23.3. The molecule has 3 aromatic carbocycles. The van der Waals surface area contributed by atoms with Gasteiger partial charge in [0.25, 0.3) is 0 Å². The molecule has 0 spiro atoms. The van der Waals surface area contributed by atoms with Gasteiger partial charge in [-0.15, -0.1) is 0 Å². The zero-order valence-corrected chi connectivity index (χ0v) is 19.9. The third-order valence-electron chi connectivity index (χ3n) is 6.51. The smallest absolute Gasteiger partial charge is 0.0710 e. The molecule has 1 aliphatic carbocycles. The maximum Gasteiger partial charge on any atom is 0.0710 e. The van der Waals surface area contributed by atoms with Crippen molar-refractivity contribution in [2.45, 2.75) is 32.6 Å². The molecule has 4 rings (SSSR count). The molecular weight excluding hydrogens is 396 g/mol. The molecule has 164 valence electrons. The Morgan fingerprint density at radius 3 is 2.27 bits per heavy atom. The molecule has 0 bridgehead atoms. The second-order valence-electron chi connectivity index (χ2n) is 8.30. The summed E-state index contributed by atoms with van der Waals surface area (Å²) in [5.74, 6) is 0. The molecule has 3 aromatic rings. The van der Waals surface area contributed by atoms with Crippen LogP contribution in [0.4, 0.5) is 0 Å². The predicted octanol–water partition coefficient (Wildman–Crippen LogP) is 9.06. The van der Waals surface area contributed by atoms with Crippen molar-refractivity contribution >= 4 is 5.57 Å². The molecule has 1 unspecified atom stereocenters. The van der Waals surface area contributed by atoms with Crippen LogP contribution in [0.3, 0.4) is 0 Å². The van der Waals surface area contributed by atoms with Crippen molar-refractivity contribution in [3.63, 3.8) is 0 Å². The monoisotopic (exact) mass is 428 g/mol. The number of rotatable bonds is 7. The van der Waals surface area contributed by atoms with Crippen molar-refractivity contribution in [1.82, 2.24) is 0 Å². The molecule has 0 amide bonds. The molecule has 0 aliphatic heterocycles. The number of hydrogen-bond acceptors (Lipinski definition) is 0. The van der Waals surface area contributed by atoms with E-state index in [0.29, 0.717) is 0 Å². The maximum absolute atomic E-state index is 3.93. The van der Waals surface area contributed by atoms with E-state index in [1.54, 1.807) is 0 Å². The van der Waals surface area contributed by atoms with Crippen LogP contribution in [0.25, 0.3) is 16.7 Å². The molecule has 0 radical (unpaired) electrons. The Bertz CT molecular complexity index is 1260. The summed E-state index contributed by atoms with van der Waals surface area (Å²) in [6.45, 7) is 10.4. The summed E-state index contributed by atoms with van der Waals surface area (Å²) in [4.78, 5) is 0. The normalized spacial score (nSPS) is 18.0. The van der Waals surface area contributed by atoms with Gasteiger partial charge in [0.05, 0.1) is 5.41 Å². The lowest BCUT2D eigenvalue weighted by Gasteiger charge is -2.34. The maximum atomic E-state index is 3.93. The third kappa shape index (κ3) is 3.66. The Labute approximate surface area is 199 Å². The topological polar surface area (TPSA) is 0 Å². The standard InChI is InChI=1S/C33H32/c1-5-9-18-26(8-4)33(27-19-11-10-12-20-27)30-23-14-13-21-29(30)32-28(22-15-24-31(32)33)25(16-6-2)17-7-3/h5-6,8-24H,1,7H2,2-4H3/b16-6-,18-9-,25-17+,26-8+. The van der Waals surface area contributed by atoms with E-state index in [4.69, 9.17) is 0 Å². The van der Waals surface area contributed by atoms with Crippen LogP contribution in [0.15, 0.2) is 127 Å². The molecule has 0 saturated heterocycles. The summed E-state index contributed by atoms with van der Waals surface area (Å²) >= 11 is 0. The fraction of sp³-hybridized carbons (Fsp3) is 0.152. The van der Waals surface area contributed by atoms with Gasteiger partial charge in [-0.05, 0) is 64.8 Å². The van der Waals surface area contributed by atoms with Gasteiger partial charge >= 0.3 is 0 Å². The number of hydrogen-bond donors (Lipinski definition) is 0. The van der Waals surface area contributed by atoms with Crippen LogP contribution in [-0.2, 0) is 5.41 Å². The summed E-state index contributed by atoms with van der Waals surface area (Å²) < 4.78 is 0. The van der Waals surface area contributed by atoms with Crippen molar-refractivity contribution in [3.05, 3.63) is 150 Å². The van der Waals surface area contributed by atoms with Crippen molar-refractivity contribution in [1.29, 1.82) is 0 Å². The Balaban J connectivity index is 2.19. The quantitative estimate of drug-likeness (QED) is 0.329. The van der Waals surface area contributed by atoms with Crippen LogP contribution in [0.5, 0.6) is 0 Å². The fourth-order valence-corrected chi connectivity index (χ4v) is 5.32. The van der Waals surface area contributed by atoms with Gasteiger partial charge in [0, 0.05) is 0 Å². The van der Waals surface area contributed by atoms with Gasteiger partial charge in [-0.2, -0.15) is 0 Å². The van der Waals surface area contributed by atoms with Gasteiger partial charge in [0.1, 0.15) is 0 Å². The Morgan fingerprint density at radius 1 is 0.848 bits per heavy atom. The Kier molecular flexibility index (Phi) is 6.75. The van der Waals surface area contributed by atoms with E-state index in [1.807, 2.05) is 12.2 Å². The first kappa shape index (κ1) is 22.6. The van der Waals surface area contributed by atoms with Crippen molar-refractivity contribution in [2.24, 2.45) is 0 Å². The fourth-order valence-electron chi connectivity index (χ4n) is 5.32. The first-order chi connectivity index (χ1) is 16.2. The minimum Gasteiger partial charge on any atom is -0.0991 e. The Hall–Kier alpha value is -3.64. The summed E-state index contributed by atoms with van der Waals surface area (Å²) in [5, 5.41) is 0. The van der Waals surface area contributed by atoms with Gasteiger partial charge in [-0.1, -0.05) is 129 Å². The number of fused-ring (bicyclic) bond motifs is 3. The van der Waals surface area contributed by atoms with E-state index in [9.17, 15) is 0 Å². The van der Waals surface area contributed by atoms with E-state index < -0.39 is 0 Å². The molecule has 0 saturated carbocycles. The molecule has 0 aromatic heterocycles. The minimum atomic E-state index is -0.384. The molecule has 0 heterocycles. The first-order valence-electron chi connectivity index (χ1n) is 11.8. The summed E-state index contributed by atoms with van der Waals surface area (Å²) in [7, 11) is 0. The first-order valence-corrected chi connectivity index (χ1v) is 11.8. The largest absolute Gasteiger partial charge is 0.0991 e. The van der Waals surface area contributed by atoms with Gasteiger partial charge in [-0.3, -0.25) is 0 Å². The van der Waals surface area contributed by atoms with Crippen LogP contribution < -0.4 is 0 Å². The van der Waals surface area contributed by atoms with E-state index in [1.165, 1.54) is 44.5 Å². The van der Waals surface area contributed by atoms with Crippen LogP contribution in [0.2, 0.25) is 0 Å². The molecule has 0 nitrogen and oxygen atoms in total. The van der Waals surface area contributed by atoms with Gasteiger partial charge in [-0.25, -0.2) is 0 Å². The van der Waals surface area contributed by atoms with Crippen molar-refractivity contribution < 1.29 is 0 Å². The van der Waals surface area contributed by atoms with E-state index in [2.05, 4.69) is 131 Å². The molecule has 0 N–H and O–H groups in total. The molecule has 0 heteroatoms. The number of benzene rings is 3. The molecule has 1 aliphatic rings. The average Bonchev–Trinajstić information content (AvgIpc) is 3.16. The van der Waals surface area contributed by atoms with E-state index in [0.717, 1.165) is 6.42 Å². The Morgan fingerprint density at radius 2 is 1.58 bits per heavy atom. The van der Waals surface area contributed by atoms with Gasteiger partial charge in [0.2, 0.25) is 0 Å². The van der Waals surface area contributed by atoms with Crippen LogP contribution in [-0.4, -0.2) is 0 Å². The third-order valence-corrected chi connectivity index (χ3v) is 6.51. The van der Waals surface area contributed by atoms with E-state index >= 15 is 0 Å². The highest BCUT2D eigenvalue weighted by Crippen LogP contribution is 2.58. The zero-order valence-electron chi connectivity index (χ0n) is 19.9. The average molecular weight is 429 g/mol. The molecule has 1 atom stereocenters. The summed E-state index contributed by atoms with van der Waals surface area (Å²) in [6.07, 6.45) is 16.1. The van der Waals surface area contributed by atoms with Crippen LogP contribution in [0, 0.1) is 0 Å². The molecular formula is C33H32. The highest BCUT2D eigenvalue weighted by molar-refractivity contribution is 5.95. The van der Waals surface area contributed by atoms with Gasteiger partial charge in [0.15, 0.2) is 0 Å². The van der Waals surface area contributed by atoms with E-state index in [-0.39, 0.29) is 5.41 Å². The summed E-state index contributed by atoms with van der Waals surface area (Å²) in [5.41, 5.74) is 10.0. The van der Waals surface area contributed by atoms with Crippen molar-refractivity contribution in [2.75, 3.05) is 0 Å². The highest BCUT2D eigenvalue weighted by atomic mass is 14.5. The van der Waals surface area contributed by atoms with Crippen LogP contribution >= 0.6 is 0 Å². The highest BCUT2D eigenvalue weighted by Gasteiger charge is 2.47. The molecule has 0 fully saturated rings. The van der Waals surface area contributed by atoms with Crippen LogP contribution in [0.1, 0.15) is 49.4 Å². The minimum absolute atomic E-state index is 0.384. The SMILES string of the molecule is C=C/C=C\C(=C/C)C1(c2ccccc2)c2ccccc2-c2c(C(/C=C\C)=C/CC)cccc21. The number of allylic oxidation sites excluding steroid dienone is 9. The molecule has 33 heavy (non-hydrogen) atoms. The lowest BCUT2D eigenvalue weighted by atomic mass is 9.67. The predicted molar refractivity (Wildman–Crippen MR) is 144 cm³/mol. The lowest BCUT2D eigenvalue weighted by molar-refractivity contribution is 0.765. The second kappa shape index (κ2) is 9.88. The second-order valence-corrected chi connectivity index (χ2v) is 8.30. The van der Waals surface area contributed by atoms with Gasteiger partial charge < -0.3 is 0 Å². The van der Waals surface area contributed by atoms with Crippen molar-refractivity contribution in [3.8, 4) is 11.1 Å².